The summed E-state index contributed by atoms with van der Waals surface area (Å²) in [5, 5.41) is 0. The minimum atomic E-state index is 1.08. The van der Waals surface area contributed by atoms with Gasteiger partial charge in [0, 0.05) is 6.42 Å². The Labute approximate surface area is 133 Å². The Bertz CT molecular complexity index is 750. The summed E-state index contributed by atoms with van der Waals surface area (Å²) in [5.74, 6) is 0. The maximum Gasteiger partial charge on any atom is 0.00416 e. The van der Waals surface area contributed by atoms with Crippen LogP contribution in [0.5, 0.6) is 0 Å². The molecule has 0 unspecified atom stereocenters. The predicted molar refractivity (Wildman–Crippen MR) is 93.8 cm³/mol. The van der Waals surface area contributed by atoms with Gasteiger partial charge in [-0.25, -0.2) is 0 Å². The molecular formula is C19H15I. The summed E-state index contributed by atoms with van der Waals surface area (Å²) in [7, 11) is 0. The fraction of sp³-hybridized carbons (Fsp3) is 0.158. The van der Waals surface area contributed by atoms with Gasteiger partial charge in [-0.3, -0.25) is 0 Å². The van der Waals surface area contributed by atoms with Crippen LogP contribution in [0.25, 0.3) is 11.1 Å². The van der Waals surface area contributed by atoms with E-state index in [0.717, 1.165) is 19.3 Å². The van der Waals surface area contributed by atoms with Crippen molar-refractivity contribution in [2.75, 3.05) is 0 Å². The third-order valence-electron chi connectivity index (χ3n) is 4.31. The van der Waals surface area contributed by atoms with Crippen molar-refractivity contribution >= 4 is 33.7 Å². The van der Waals surface area contributed by atoms with E-state index in [1.165, 1.54) is 37.0 Å². The van der Waals surface area contributed by atoms with E-state index in [-0.39, 0.29) is 0 Å². The zero-order valence-electron chi connectivity index (χ0n) is 11.2. The van der Waals surface area contributed by atoms with Crippen molar-refractivity contribution in [1.29, 1.82) is 0 Å². The molecule has 0 atom stereocenters. The molecule has 0 saturated heterocycles. The second kappa shape index (κ2) is 4.88. The van der Waals surface area contributed by atoms with E-state index in [2.05, 4.69) is 77.2 Å². The van der Waals surface area contributed by atoms with Crippen LogP contribution in [-0.2, 0) is 12.8 Å². The highest BCUT2D eigenvalue weighted by atomic mass is 127. The summed E-state index contributed by atoms with van der Waals surface area (Å²) in [4.78, 5) is 0. The molecule has 2 aromatic rings. The second-order valence-corrected chi connectivity index (χ2v) is 6.79. The van der Waals surface area contributed by atoms with Gasteiger partial charge < -0.3 is 0 Å². The maximum atomic E-state index is 2.53. The Morgan fingerprint density at radius 2 is 1.55 bits per heavy atom. The Hall–Kier alpha value is -1.35. The topological polar surface area (TPSA) is 0 Å². The van der Waals surface area contributed by atoms with Crippen LogP contribution < -0.4 is 0 Å². The molecule has 0 radical (unpaired) electrons. The molecule has 0 aliphatic heterocycles. The quantitative estimate of drug-likeness (QED) is 0.620. The van der Waals surface area contributed by atoms with Crippen LogP contribution >= 0.6 is 22.6 Å². The molecule has 0 N–H and O–H groups in total. The fourth-order valence-electron chi connectivity index (χ4n) is 3.29. The third-order valence-corrected chi connectivity index (χ3v) is 5.35. The van der Waals surface area contributed by atoms with Crippen molar-refractivity contribution in [3.05, 3.63) is 80.4 Å². The zero-order chi connectivity index (χ0) is 13.5. The van der Waals surface area contributed by atoms with Gasteiger partial charge in [0.1, 0.15) is 0 Å². The van der Waals surface area contributed by atoms with Crippen molar-refractivity contribution in [3.8, 4) is 0 Å². The van der Waals surface area contributed by atoms with Gasteiger partial charge in [-0.1, -0.05) is 54.6 Å². The fourth-order valence-corrected chi connectivity index (χ4v) is 4.18. The number of halogens is 1. The first-order valence-corrected chi connectivity index (χ1v) is 8.14. The molecule has 0 bridgehead atoms. The zero-order valence-corrected chi connectivity index (χ0v) is 13.4. The minimum Gasteiger partial charge on any atom is -0.0759 e. The summed E-state index contributed by atoms with van der Waals surface area (Å²) < 4.78 is 1.51. The summed E-state index contributed by atoms with van der Waals surface area (Å²) in [6.45, 7) is 0. The van der Waals surface area contributed by atoms with Crippen LogP contribution in [0.15, 0.2) is 58.2 Å². The van der Waals surface area contributed by atoms with Gasteiger partial charge in [0.15, 0.2) is 0 Å². The van der Waals surface area contributed by atoms with Crippen LogP contribution in [-0.4, -0.2) is 0 Å². The SMILES string of the molecule is IC1=C(CC2=CCc3ccccc32)c2ccccc2C1. The molecule has 20 heavy (non-hydrogen) atoms. The molecule has 1 heteroatoms. The number of benzene rings is 2. The second-order valence-electron chi connectivity index (χ2n) is 5.48. The molecule has 2 aromatic carbocycles. The van der Waals surface area contributed by atoms with E-state index in [9.17, 15) is 0 Å². The van der Waals surface area contributed by atoms with E-state index in [1.54, 1.807) is 0 Å². The smallest absolute Gasteiger partial charge is 0.00416 e. The molecule has 0 amide bonds. The monoisotopic (exact) mass is 370 g/mol. The molecule has 98 valence electrons. The van der Waals surface area contributed by atoms with Crippen LogP contribution in [0.1, 0.15) is 28.7 Å². The highest BCUT2D eigenvalue weighted by molar-refractivity contribution is 14.1. The van der Waals surface area contributed by atoms with Gasteiger partial charge in [0.05, 0.1) is 0 Å². The Balaban J connectivity index is 1.70. The molecule has 0 heterocycles. The van der Waals surface area contributed by atoms with Gasteiger partial charge in [-0.15, -0.1) is 0 Å². The highest BCUT2D eigenvalue weighted by Crippen LogP contribution is 2.43. The largest absolute Gasteiger partial charge is 0.0759 e. The molecule has 0 saturated carbocycles. The Kier molecular flexibility index (Phi) is 3.03. The first-order valence-electron chi connectivity index (χ1n) is 7.06. The van der Waals surface area contributed by atoms with Gasteiger partial charge in [-0.05, 0) is 72.4 Å². The summed E-state index contributed by atoms with van der Waals surface area (Å²) in [6.07, 6.45) is 5.69. The van der Waals surface area contributed by atoms with E-state index in [1.807, 2.05) is 0 Å². The normalized spacial score (nSPS) is 16.1. The van der Waals surface area contributed by atoms with Gasteiger partial charge in [0.25, 0.3) is 0 Å². The lowest BCUT2D eigenvalue weighted by atomic mass is 9.96. The van der Waals surface area contributed by atoms with Crippen molar-refractivity contribution in [2.45, 2.75) is 19.3 Å². The average Bonchev–Trinajstić information content (AvgIpc) is 3.02. The molecule has 0 spiro atoms. The van der Waals surface area contributed by atoms with E-state index < -0.39 is 0 Å². The number of fused-ring (bicyclic) bond motifs is 2. The van der Waals surface area contributed by atoms with Crippen LogP contribution in [0, 0.1) is 0 Å². The molecule has 0 nitrogen and oxygen atoms in total. The van der Waals surface area contributed by atoms with Crippen molar-refractivity contribution in [2.24, 2.45) is 0 Å². The van der Waals surface area contributed by atoms with Gasteiger partial charge >= 0.3 is 0 Å². The van der Waals surface area contributed by atoms with Crippen LogP contribution in [0.2, 0.25) is 0 Å². The van der Waals surface area contributed by atoms with Crippen molar-refractivity contribution in [1.82, 2.24) is 0 Å². The average molecular weight is 370 g/mol. The first kappa shape index (κ1) is 12.4. The lowest BCUT2D eigenvalue weighted by Crippen LogP contribution is -1.88. The number of hydrogen-bond acceptors (Lipinski definition) is 0. The maximum absolute atomic E-state index is 2.53. The highest BCUT2D eigenvalue weighted by Gasteiger charge is 2.22. The molecular weight excluding hydrogens is 355 g/mol. The standard InChI is InChI=1S/C19H15I/c20-19-12-14-6-2-4-8-17(14)18(19)11-15-10-9-13-5-1-3-7-16(13)15/h1-8,10H,9,11-12H2. The van der Waals surface area contributed by atoms with Gasteiger partial charge in [-0.2, -0.15) is 0 Å². The predicted octanol–water partition coefficient (Wildman–Crippen LogP) is 5.42. The number of hydrogen-bond donors (Lipinski definition) is 0. The van der Waals surface area contributed by atoms with E-state index >= 15 is 0 Å². The van der Waals surface area contributed by atoms with Crippen molar-refractivity contribution in [3.63, 3.8) is 0 Å². The molecule has 2 aliphatic carbocycles. The summed E-state index contributed by atoms with van der Waals surface area (Å²) in [5.41, 5.74) is 8.91. The van der Waals surface area contributed by atoms with Crippen LogP contribution in [0.3, 0.4) is 0 Å². The van der Waals surface area contributed by atoms with E-state index in [0.29, 0.717) is 0 Å². The molecule has 4 rings (SSSR count). The number of rotatable bonds is 2. The lowest BCUT2D eigenvalue weighted by Gasteiger charge is -2.09. The Morgan fingerprint density at radius 1 is 0.850 bits per heavy atom. The lowest BCUT2D eigenvalue weighted by molar-refractivity contribution is 1.30. The third kappa shape index (κ3) is 1.96. The minimum absolute atomic E-state index is 1.08. The van der Waals surface area contributed by atoms with E-state index in [4.69, 9.17) is 0 Å². The molecule has 2 aliphatic rings. The summed E-state index contributed by atoms with van der Waals surface area (Å²) >= 11 is 2.53. The first-order chi connectivity index (χ1) is 9.83. The number of allylic oxidation sites excluding steroid dienone is 4. The summed E-state index contributed by atoms with van der Waals surface area (Å²) in [6, 6.07) is 17.7. The van der Waals surface area contributed by atoms with Crippen LogP contribution in [0.4, 0.5) is 0 Å². The molecule has 0 fully saturated rings. The van der Waals surface area contributed by atoms with Gasteiger partial charge in [0.2, 0.25) is 0 Å². The molecule has 0 aromatic heterocycles. The Morgan fingerprint density at radius 3 is 2.40 bits per heavy atom. The van der Waals surface area contributed by atoms with Crippen molar-refractivity contribution < 1.29 is 0 Å².